The summed E-state index contributed by atoms with van der Waals surface area (Å²) in [7, 11) is 0. The molecule has 1 atom stereocenters. The van der Waals surface area contributed by atoms with Gasteiger partial charge in [-0.2, -0.15) is 4.98 Å². The monoisotopic (exact) mass is 421 g/mol. The van der Waals surface area contributed by atoms with Gasteiger partial charge in [0.25, 0.3) is 0 Å². The van der Waals surface area contributed by atoms with E-state index in [0.717, 1.165) is 16.7 Å². The summed E-state index contributed by atoms with van der Waals surface area (Å²) in [5.41, 5.74) is 3.02. The molecule has 2 heterocycles. The van der Waals surface area contributed by atoms with Gasteiger partial charge in [0.05, 0.1) is 19.1 Å². The largest absolute Gasteiger partial charge is 0.490 e. The quantitative estimate of drug-likeness (QED) is 0.538. The van der Waals surface area contributed by atoms with Gasteiger partial charge in [-0.05, 0) is 44.0 Å². The molecule has 1 unspecified atom stereocenters. The number of amides is 1. The summed E-state index contributed by atoms with van der Waals surface area (Å²) in [4.78, 5) is 19.1. The second-order valence-electron chi connectivity index (χ2n) is 7.59. The topological polar surface area (TPSA) is 77.7 Å². The number of carbonyl (C=O) groups is 1. The fourth-order valence-corrected chi connectivity index (χ4v) is 3.84. The first-order valence-corrected chi connectivity index (χ1v) is 10.6. The molecule has 3 aromatic rings. The smallest absolute Gasteiger partial charge is 0.232 e. The van der Waals surface area contributed by atoms with E-state index in [9.17, 15) is 4.79 Å². The van der Waals surface area contributed by atoms with Crippen molar-refractivity contribution in [2.75, 3.05) is 19.8 Å². The molecular weight excluding hydrogens is 394 g/mol. The zero-order chi connectivity index (χ0) is 21.8. The standard InChI is InChI=1S/C24H27N3O4/c1-4-29-20-11-10-17(12-21(20)30-5-2)14-27-15-18(13-22(27)28)24-25-23(26-31-24)19-9-7-6-8-16(19)3/h6-12,18H,4-5,13-15H2,1-3H3. The van der Waals surface area contributed by atoms with Crippen LogP contribution in [0.2, 0.25) is 0 Å². The maximum absolute atomic E-state index is 12.7. The van der Waals surface area contributed by atoms with Crippen molar-refractivity contribution in [2.24, 2.45) is 0 Å². The predicted molar refractivity (Wildman–Crippen MR) is 116 cm³/mol. The van der Waals surface area contributed by atoms with Gasteiger partial charge in [0, 0.05) is 25.1 Å². The number of hydrogen-bond acceptors (Lipinski definition) is 6. The Balaban J connectivity index is 1.47. The van der Waals surface area contributed by atoms with Crippen molar-refractivity contribution in [3.8, 4) is 22.9 Å². The summed E-state index contributed by atoms with van der Waals surface area (Å²) in [6.07, 6.45) is 0.366. The molecule has 0 bridgehead atoms. The van der Waals surface area contributed by atoms with Gasteiger partial charge in [-0.1, -0.05) is 35.5 Å². The van der Waals surface area contributed by atoms with Crippen LogP contribution in [-0.4, -0.2) is 40.7 Å². The first kappa shape index (κ1) is 20.9. The van der Waals surface area contributed by atoms with E-state index < -0.39 is 0 Å². The van der Waals surface area contributed by atoms with Crippen molar-refractivity contribution in [3.63, 3.8) is 0 Å². The van der Waals surface area contributed by atoms with E-state index in [2.05, 4.69) is 10.1 Å². The highest BCUT2D eigenvalue weighted by atomic mass is 16.5. The summed E-state index contributed by atoms with van der Waals surface area (Å²) in [6.45, 7) is 8.06. The number of ether oxygens (including phenoxy) is 2. The first-order valence-electron chi connectivity index (χ1n) is 10.6. The van der Waals surface area contributed by atoms with Crippen molar-refractivity contribution < 1.29 is 18.8 Å². The molecule has 7 heteroatoms. The van der Waals surface area contributed by atoms with Crippen LogP contribution >= 0.6 is 0 Å². The van der Waals surface area contributed by atoms with Crippen LogP contribution in [0.1, 0.15) is 43.2 Å². The molecule has 162 valence electrons. The SMILES string of the molecule is CCOc1ccc(CN2CC(c3nc(-c4ccccc4C)no3)CC2=O)cc1OCC. The zero-order valence-electron chi connectivity index (χ0n) is 18.1. The molecule has 0 aliphatic carbocycles. The van der Waals surface area contributed by atoms with Crippen molar-refractivity contribution in [1.82, 2.24) is 15.0 Å². The van der Waals surface area contributed by atoms with Crippen LogP contribution in [0.25, 0.3) is 11.4 Å². The average Bonchev–Trinajstić information content (AvgIpc) is 3.38. The lowest BCUT2D eigenvalue weighted by molar-refractivity contribution is -0.128. The number of likely N-dealkylation sites (tertiary alicyclic amines) is 1. The van der Waals surface area contributed by atoms with Gasteiger partial charge in [0.2, 0.25) is 17.6 Å². The lowest BCUT2D eigenvalue weighted by Gasteiger charge is -2.18. The van der Waals surface area contributed by atoms with Crippen molar-refractivity contribution >= 4 is 5.91 Å². The number of nitrogens with zero attached hydrogens (tertiary/aromatic N) is 3. The summed E-state index contributed by atoms with van der Waals surface area (Å²) in [5.74, 6) is 2.46. The number of hydrogen-bond donors (Lipinski definition) is 0. The van der Waals surface area contributed by atoms with Crippen LogP contribution in [0.4, 0.5) is 0 Å². The Bertz CT molecular complexity index is 1060. The third kappa shape index (κ3) is 4.55. The van der Waals surface area contributed by atoms with Gasteiger partial charge in [-0.15, -0.1) is 0 Å². The first-order chi connectivity index (χ1) is 15.1. The lowest BCUT2D eigenvalue weighted by atomic mass is 10.1. The number of rotatable bonds is 8. The number of benzene rings is 2. The number of carbonyl (C=O) groups excluding carboxylic acids is 1. The van der Waals surface area contributed by atoms with Crippen LogP contribution in [0.15, 0.2) is 47.0 Å². The molecule has 0 saturated carbocycles. The summed E-state index contributed by atoms with van der Waals surface area (Å²) >= 11 is 0. The molecule has 2 aromatic carbocycles. The molecule has 31 heavy (non-hydrogen) atoms. The van der Waals surface area contributed by atoms with Gasteiger partial charge in [0.15, 0.2) is 11.5 Å². The average molecular weight is 421 g/mol. The Kier molecular flexibility index (Phi) is 6.21. The van der Waals surface area contributed by atoms with E-state index in [1.54, 1.807) is 0 Å². The van der Waals surface area contributed by atoms with Crippen molar-refractivity contribution in [2.45, 2.75) is 39.7 Å². The zero-order valence-corrected chi connectivity index (χ0v) is 18.1. The molecule has 0 spiro atoms. The van der Waals surface area contributed by atoms with Gasteiger partial charge >= 0.3 is 0 Å². The van der Waals surface area contributed by atoms with Gasteiger partial charge in [0.1, 0.15) is 0 Å². The Morgan fingerprint density at radius 3 is 2.65 bits per heavy atom. The predicted octanol–water partition coefficient (Wildman–Crippen LogP) is 4.36. The van der Waals surface area contributed by atoms with Crippen LogP contribution in [0.5, 0.6) is 11.5 Å². The highest BCUT2D eigenvalue weighted by Gasteiger charge is 2.34. The molecule has 0 N–H and O–H groups in total. The second kappa shape index (κ2) is 9.20. The Hall–Kier alpha value is -3.35. The van der Waals surface area contributed by atoms with E-state index >= 15 is 0 Å². The minimum Gasteiger partial charge on any atom is -0.490 e. The molecule has 7 nitrogen and oxygen atoms in total. The molecule has 1 fully saturated rings. The summed E-state index contributed by atoms with van der Waals surface area (Å²) in [6, 6.07) is 13.7. The van der Waals surface area contributed by atoms with Gasteiger partial charge in [-0.3, -0.25) is 4.79 Å². The second-order valence-corrected chi connectivity index (χ2v) is 7.59. The van der Waals surface area contributed by atoms with E-state index in [0.29, 0.717) is 55.9 Å². The Morgan fingerprint density at radius 1 is 1.10 bits per heavy atom. The molecule has 1 saturated heterocycles. The fourth-order valence-electron chi connectivity index (χ4n) is 3.84. The van der Waals surface area contributed by atoms with Gasteiger partial charge < -0.3 is 18.9 Å². The molecular formula is C24H27N3O4. The van der Waals surface area contributed by atoms with E-state index in [1.807, 2.05) is 68.1 Å². The minimum absolute atomic E-state index is 0.0764. The van der Waals surface area contributed by atoms with E-state index in [4.69, 9.17) is 14.0 Å². The van der Waals surface area contributed by atoms with Crippen molar-refractivity contribution in [1.29, 1.82) is 0 Å². The molecule has 1 aromatic heterocycles. The van der Waals surface area contributed by atoms with E-state index in [-0.39, 0.29) is 11.8 Å². The molecule has 1 aliphatic heterocycles. The van der Waals surface area contributed by atoms with Crippen LogP contribution in [-0.2, 0) is 11.3 Å². The third-order valence-corrected chi connectivity index (χ3v) is 5.37. The Morgan fingerprint density at radius 2 is 1.87 bits per heavy atom. The molecule has 0 radical (unpaired) electrons. The number of aryl methyl sites for hydroxylation is 1. The maximum Gasteiger partial charge on any atom is 0.232 e. The van der Waals surface area contributed by atoms with Crippen LogP contribution in [0.3, 0.4) is 0 Å². The van der Waals surface area contributed by atoms with Crippen LogP contribution < -0.4 is 9.47 Å². The molecule has 4 rings (SSSR count). The molecule has 1 amide bonds. The van der Waals surface area contributed by atoms with Crippen LogP contribution in [0, 0.1) is 6.92 Å². The fraction of sp³-hybridized carbons (Fsp3) is 0.375. The normalized spacial score (nSPS) is 16.0. The highest BCUT2D eigenvalue weighted by Crippen LogP contribution is 2.32. The number of aromatic nitrogens is 2. The molecule has 1 aliphatic rings. The van der Waals surface area contributed by atoms with Gasteiger partial charge in [-0.25, -0.2) is 0 Å². The van der Waals surface area contributed by atoms with Crippen molar-refractivity contribution in [3.05, 3.63) is 59.5 Å². The van der Waals surface area contributed by atoms with E-state index in [1.165, 1.54) is 0 Å². The minimum atomic E-state index is -0.105. The highest BCUT2D eigenvalue weighted by molar-refractivity contribution is 5.79. The summed E-state index contributed by atoms with van der Waals surface area (Å²) in [5, 5.41) is 4.14. The third-order valence-electron chi connectivity index (χ3n) is 5.37. The maximum atomic E-state index is 12.7. The summed E-state index contributed by atoms with van der Waals surface area (Å²) < 4.78 is 16.9. The Labute approximate surface area is 182 Å². The lowest BCUT2D eigenvalue weighted by Crippen LogP contribution is -2.24.